The molecule has 20 heavy (non-hydrogen) atoms. The van der Waals surface area contributed by atoms with E-state index < -0.39 is 0 Å². The number of carbonyl (C=O) groups is 2. The number of H-pyrrole nitrogens is 1. The van der Waals surface area contributed by atoms with Crippen LogP contribution >= 0.6 is 0 Å². The van der Waals surface area contributed by atoms with Gasteiger partial charge >= 0.3 is 0 Å². The van der Waals surface area contributed by atoms with Crippen LogP contribution in [0, 0.1) is 0 Å². The zero-order valence-electron chi connectivity index (χ0n) is 11.4. The molecule has 0 unspecified atom stereocenters. The number of pyridine rings is 1. The first-order chi connectivity index (χ1) is 9.58. The number of hydrogen-bond acceptors (Lipinski definition) is 4. The third-order valence-corrected chi connectivity index (χ3v) is 3.21. The molecule has 2 rings (SSSR count). The molecule has 1 aliphatic heterocycles. The molecule has 1 saturated heterocycles. The largest absolute Gasteiger partial charge is 0.339 e. The van der Waals surface area contributed by atoms with E-state index in [-0.39, 0.29) is 29.5 Å². The highest BCUT2D eigenvalue weighted by atomic mass is 16.2. The predicted molar refractivity (Wildman–Crippen MR) is 73.5 cm³/mol. The Labute approximate surface area is 116 Å². The van der Waals surface area contributed by atoms with Crippen molar-refractivity contribution in [1.29, 1.82) is 0 Å². The smallest absolute Gasteiger partial charge is 0.254 e. The number of nitrogens with zero attached hydrogens (tertiary/aromatic N) is 2. The Balaban J connectivity index is 1.97. The lowest BCUT2D eigenvalue weighted by atomic mass is 10.2. The van der Waals surface area contributed by atoms with Crippen LogP contribution in [0.2, 0.25) is 0 Å². The lowest BCUT2D eigenvalue weighted by Gasteiger charge is -2.29. The lowest BCUT2D eigenvalue weighted by Crippen LogP contribution is -2.49. The van der Waals surface area contributed by atoms with Crippen LogP contribution < -0.4 is 10.9 Å². The molecule has 0 saturated carbocycles. The van der Waals surface area contributed by atoms with Crippen LogP contribution in [0.5, 0.6) is 0 Å². The van der Waals surface area contributed by atoms with E-state index in [1.165, 1.54) is 23.2 Å². The summed E-state index contributed by atoms with van der Waals surface area (Å²) in [6.45, 7) is 2.89. The van der Waals surface area contributed by atoms with E-state index >= 15 is 0 Å². The molecule has 2 amide bonds. The van der Waals surface area contributed by atoms with E-state index in [9.17, 15) is 14.4 Å². The maximum atomic E-state index is 12.1. The van der Waals surface area contributed by atoms with Gasteiger partial charge in [0.2, 0.25) is 11.5 Å². The van der Waals surface area contributed by atoms with Crippen molar-refractivity contribution in [3.8, 4) is 0 Å². The second kappa shape index (κ2) is 6.33. The van der Waals surface area contributed by atoms with Crippen LogP contribution in [0.15, 0.2) is 23.1 Å². The lowest BCUT2D eigenvalue weighted by molar-refractivity contribution is -0.132. The van der Waals surface area contributed by atoms with Crippen molar-refractivity contribution in [2.24, 2.45) is 0 Å². The van der Waals surface area contributed by atoms with Crippen molar-refractivity contribution in [3.05, 3.63) is 34.2 Å². The molecule has 2 heterocycles. The molecule has 0 bridgehead atoms. The Kier molecular flexibility index (Phi) is 4.52. The van der Waals surface area contributed by atoms with Gasteiger partial charge in [0.25, 0.3) is 5.91 Å². The number of aromatic nitrogens is 1. The molecule has 1 aromatic heterocycles. The Morgan fingerprint density at radius 2 is 2.05 bits per heavy atom. The minimum absolute atomic E-state index is 0.0195. The molecular formula is C13H18N4O3. The summed E-state index contributed by atoms with van der Waals surface area (Å²) >= 11 is 0. The van der Waals surface area contributed by atoms with Crippen LogP contribution in [0.1, 0.15) is 10.4 Å². The summed E-state index contributed by atoms with van der Waals surface area (Å²) in [5, 5.41) is 3.17. The Morgan fingerprint density at radius 1 is 1.35 bits per heavy atom. The van der Waals surface area contributed by atoms with Crippen molar-refractivity contribution < 1.29 is 9.59 Å². The minimum Gasteiger partial charge on any atom is -0.339 e. The minimum atomic E-state index is -0.335. The topological polar surface area (TPSA) is 85.5 Å². The van der Waals surface area contributed by atoms with Gasteiger partial charge < -0.3 is 20.1 Å². The maximum Gasteiger partial charge on any atom is 0.254 e. The molecule has 1 fully saturated rings. The van der Waals surface area contributed by atoms with E-state index in [1.807, 2.05) is 0 Å². The van der Waals surface area contributed by atoms with Crippen molar-refractivity contribution in [2.75, 3.05) is 39.8 Å². The normalized spacial score (nSPS) is 14.9. The second-order valence-electron chi connectivity index (χ2n) is 4.73. The van der Waals surface area contributed by atoms with Crippen molar-refractivity contribution in [2.45, 2.75) is 0 Å². The Bertz CT molecular complexity index is 549. The quantitative estimate of drug-likeness (QED) is 0.733. The van der Waals surface area contributed by atoms with Crippen molar-refractivity contribution in [3.63, 3.8) is 0 Å². The molecule has 0 aromatic carbocycles. The number of amides is 2. The summed E-state index contributed by atoms with van der Waals surface area (Å²) in [5.41, 5.74) is -0.0537. The fraction of sp³-hybridized carbons (Fsp3) is 0.462. The first-order valence-electron chi connectivity index (χ1n) is 6.50. The zero-order chi connectivity index (χ0) is 14.5. The van der Waals surface area contributed by atoms with Crippen LogP contribution in [-0.2, 0) is 4.79 Å². The average Bonchev–Trinajstić information content (AvgIpc) is 2.47. The third-order valence-electron chi connectivity index (χ3n) is 3.21. The maximum absolute atomic E-state index is 12.1. The molecule has 108 valence electrons. The number of carbonyl (C=O) groups excluding carboxylic acids is 2. The van der Waals surface area contributed by atoms with E-state index in [4.69, 9.17) is 0 Å². The van der Waals surface area contributed by atoms with E-state index in [2.05, 4.69) is 10.3 Å². The molecule has 1 aromatic rings. The second-order valence-corrected chi connectivity index (χ2v) is 4.73. The summed E-state index contributed by atoms with van der Waals surface area (Å²) in [6, 6.07) is 2.75. The van der Waals surface area contributed by atoms with Gasteiger partial charge in [-0.2, -0.15) is 0 Å². The number of hydrogen-bond donors (Lipinski definition) is 2. The third kappa shape index (κ3) is 3.45. The van der Waals surface area contributed by atoms with Crippen LogP contribution in [0.3, 0.4) is 0 Å². The Hall–Kier alpha value is -2.15. The van der Waals surface area contributed by atoms with Gasteiger partial charge in [-0.15, -0.1) is 0 Å². The number of aromatic amines is 1. The molecular weight excluding hydrogens is 260 g/mol. The molecule has 0 radical (unpaired) electrons. The number of rotatable bonds is 3. The summed E-state index contributed by atoms with van der Waals surface area (Å²) in [6.07, 6.45) is 1.42. The van der Waals surface area contributed by atoms with Crippen LogP contribution in [0.4, 0.5) is 0 Å². The van der Waals surface area contributed by atoms with Gasteiger partial charge in [0, 0.05) is 51.1 Å². The highest BCUT2D eigenvalue weighted by Gasteiger charge is 2.20. The fourth-order valence-corrected chi connectivity index (χ4v) is 2.09. The van der Waals surface area contributed by atoms with E-state index in [1.54, 1.807) is 11.9 Å². The average molecular weight is 278 g/mol. The van der Waals surface area contributed by atoms with Crippen molar-refractivity contribution >= 4 is 11.8 Å². The summed E-state index contributed by atoms with van der Waals surface area (Å²) in [7, 11) is 1.56. The van der Waals surface area contributed by atoms with Crippen LogP contribution in [0.25, 0.3) is 0 Å². The standard InChI is InChI=1S/C13H18N4O3/c1-16(9-12(19)17-6-4-14-5-7-17)13(20)10-2-3-15-11(18)8-10/h2-3,8,14H,4-7,9H2,1H3,(H,15,18). The van der Waals surface area contributed by atoms with Crippen molar-refractivity contribution in [1.82, 2.24) is 20.1 Å². The molecule has 0 spiro atoms. The van der Waals surface area contributed by atoms with Gasteiger partial charge in [-0.1, -0.05) is 0 Å². The number of piperazine rings is 1. The number of likely N-dealkylation sites (N-methyl/N-ethyl adjacent to an activating group) is 1. The highest BCUT2D eigenvalue weighted by Crippen LogP contribution is 2.01. The molecule has 1 aliphatic rings. The summed E-state index contributed by atoms with van der Waals surface area (Å²) < 4.78 is 0. The van der Waals surface area contributed by atoms with Gasteiger partial charge in [0.15, 0.2) is 0 Å². The van der Waals surface area contributed by atoms with Gasteiger partial charge in [-0.25, -0.2) is 0 Å². The molecule has 7 heteroatoms. The zero-order valence-corrected chi connectivity index (χ0v) is 11.4. The summed E-state index contributed by atoms with van der Waals surface area (Å²) in [5.74, 6) is -0.410. The summed E-state index contributed by atoms with van der Waals surface area (Å²) in [4.78, 5) is 40.8. The fourth-order valence-electron chi connectivity index (χ4n) is 2.09. The van der Waals surface area contributed by atoms with Gasteiger partial charge in [0.05, 0.1) is 6.54 Å². The Morgan fingerprint density at radius 3 is 2.70 bits per heavy atom. The first-order valence-corrected chi connectivity index (χ1v) is 6.50. The number of nitrogens with one attached hydrogen (secondary N) is 2. The van der Waals surface area contributed by atoms with Gasteiger partial charge in [-0.05, 0) is 6.07 Å². The predicted octanol–water partition coefficient (Wildman–Crippen LogP) is -1.12. The SMILES string of the molecule is CN(CC(=O)N1CCNCC1)C(=O)c1cc[nH]c(=O)c1. The van der Waals surface area contributed by atoms with E-state index in [0.717, 1.165) is 13.1 Å². The highest BCUT2D eigenvalue weighted by molar-refractivity contribution is 5.96. The molecule has 0 aliphatic carbocycles. The van der Waals surface area contributed by atoms with E-state index in [0.29, 0.717) is 13.1 Å². The van der Waals surface area contributed by atoms with Gasteiger partial charge in [0.1, 0.15) is 0 Å². The van der Waals surface area contributed by atoms with Gasteiger partial charge in [-0.3, -0.25) is 14.4 Å². The molecule has 7 nitrogen and oxygen atoms in total. The van der Waals surface area contributed by atoms with Crippen LogP contribution in [-0.4, -0.2) is 66.4 Å². The first kappa shape index (κ1) is 14.3. The monoisotopic (exact) mass is 278 g/mol. The molecule has 2 N–H and O–H groups in total. The molecule has 0 atom stereocenters.